The SMILES string of the molecule is CCN(C(=O)C(=O)Nc1ccccc1O)C(C)(C)C. The molecule has 0 radical (unpaired) electrons. The zero-order valence-electron chi connectivity index (χ0n) is 11.7. The number of phenols is 1. The van der Waals surface area contributed by atoms with Gasteiger partial charge in [0.1, 0.15) is 5.75 Å². The van der Waals surface area contributed by atoms with E-state index in [4.69, 9.17) is 0 Å². The average molecular weight is 264 g/mol. The third-order valence-corrected chi connectivity index (χ3v) is 2.72. The lowest BCUT2D eigenvalue weighted by atomic mass is 10.1. The molecule has 0 atom stereocenters. The maximum Gasteiger partial charge on any atom is 0.314 e. The van der Waals surface area contributed by atoms with Gasteiger partial charge in [-0.25, -0.2) is 0 Å². The van der Waals surface area contributed by atoms with Gasteiger partial charge in [-0.15, -0.1) is 0 Å². The Balaban J connectivity index is 2.84. The molecular weight excluding hydrogens is 244 g/mol. The van der Waals surface area contributed by atoms with Gasteiger partial charge in [0.2, 0.25) is 0 Å². The number of phenolic OH excluding ortho intramolecular Hbond substituents is 1. The summed E-state index contributed by atoms with van der Waals surface area (Å²) in [5.41, 5.74) is -0.201. The van der Waals surface area contributed by atoms with Crippen molar-refractivity contribution in [2.45, 2.75) is 33.2 Å². The summed E-state index contributed by atoms with van der Waals surface area (Å²) in [6, 6.07) is 6.29. The van der Waals surface area contributed by atoms with Crippen molar-refractivity contribution in [1.82, 2.24) is 4.90 Å². The molecule has 0 saturated carbocycles. The fraction of sp³-hybridized carbons (Fsp3) is 0.429. The smallest absolute Gasteiger partial charge is 0.314 e. The Morgan fingerprint density at radius 2 is 1.84 bits per heavy atom. The van der Waals surface area contributed by atoms with Crippen LogP contribution in [0.1, 0.15) is 27.7 Å². The molecule has 0 aliphatic rings. The number of likely N-dealkylation sites (N-methyl/N-ethyl adjacent to an activating group) is 1. The lowest BCUT2D eigenvalue weighted by Crippen LogP contribution is -2.49. The van der Waals surface area contributed by atoms with Crippen molar-refractivity contribution in [3.05, 3.63) is 24.3 Å². The zero-order chi connectivity index (χ0) is 14.6. The van der Waals surface area contributed by atoms with Gasteiger partial charge in [0.05, 0.1) is 5.69 Å². The molecule has 0 aromatic heterocycles. The fourth-order valence-electron chi connectivity index (χ4n) is 1.80. The number of nitrogens with zero attached hydrogens (tertiary/aromatic N) is 1. The Kier molecular flexibility index (Phi) is 4.53. The van der Waals surface area contributed by atoms with E-state index in [0.29, 0.717) is 6.54 Å². The molecule has 0 saturated heterocycles. The molecule has 1 aromatic carbocycles. The van der Waals surface area contributed by atoms with Crippen LogP contribution in [0.4, 0.5) is 5.69 Å². The van der Waals surface area contributed by atoms with Crippen molar-refractivity contribution >= 4 is 17.5 Å². The van der Waals surface area contributed by atoms with Gasteiger partial charge in [-0.2, -0.15) is 0 Å². The molecule has 1 rings (SSSR count). The summed E-state index contributed by atoms with van der Waals surface area (Å²) in [5, 5.41) is 12.0. The Morgan fingerprint density at radius 3 is 2.32 bits per heavy atom. The van der Waals surface area contributed by atoms with Crippen molar-refractivity contribution in [1.29, 1.82) is 0 Å². The predicted molar refractivity (Wildman–Crippen MR) is 73.9 cm³/mol. The van der Waals surface area contributed by atoms with Crippen molar-refractivity contribution < 1.29 is 14.7 Å². The minimum absolute atomic E-state index is 0.0672. The summed E-state index contributed by atoms with van der Waals surface area (Å²) < 4.78 is 0. The lowest BCUT2D eigenvalue weighted by molar-refractivity contribution is -0.146. The fourth-order valence-corrected chi connectivity index (χ4v) is 1.80. The number of carbonyl (C=O) groups excluding carboxylic acids is 2. The van der Waals surface area contributed by atoms with Crippen LogP contribution in [0.5, 0.6) is 5.75 Å². The van der Waals surface area contributed by atoms with E-state index in [9.17, 15) is 14.7 Å². The standard InChI is InChI=1S/C14H20N2O3/c1-5-16(14(2,3)4)13(19)12(18)15-10-8-6-7-9-11(10)17/h6-9,17H,5H2,1-4H3,(H,15,18). The van der Waals surface area contributed by atoms with Crippen molar-refractivity contribution in [2.75, 3.05) is 11.9 Å². The van der Waals surface area contributed by atoms with Gasteiger partial charge in [-0.05, 0) is 39.8 Å². The zero-order valence-corrected chi connectivity index (χ0v) is 11.7. The predicted octanol–water partition coefficient (Wildman–Crippen LogP) is 1.98. The first kappa shape index (κ1) is 15.0. The van der Waals surface area contributed by atoms with Crippen LogP contribution in [0.3, 0.4) is 0 Å². The summed E-state index contributed by atoms with van der Waals surface area (Å²) >= 11 is 0. The molecule has 0 spiro atoms. The maximum absolute atomic E-state index is 12.1. The van der Waals surface area contributed by atoms with E-state index in [0.717, 1.165) is 0 Å². The number of aromatic hydroxyl groups is 1. The number of hydrogen-bond donors (Lipinski definition) is 2. The molecule has 0 aliphatic carbocycles. The van der Waals surface area contributed by atoms with Crippen LogP contribution in [0.15, 0.2) is 24.3 Å². The van der Waals surface area contributed by atoms with Gasteiger partial charge in [-0.3, -0.25) is 9.59 Å². The number of hydrogen-bond acceptors (Lipinski definition) is 3. The molecule has 19 heavy (non-hydrogen) atoms. The number of amides is 2. The van der Waals surface area contributed by atoms with E-state index in [1.54, 1.807) is 12.1 Å². The maximum atomic E-state index is 12.1. The summed E-state index contributed by atoms with van der Waals surface area (Å²) in [6.07, 6.45) is 0. The van der Waals surface area contributed by atoms with E-state index in [1.165, 1.54) is 17.0 Å². The van der Waals surface area contributed by atoms with Crippen LogP contribution in [0, 0.1) is 0 Å². The molecule has 5 heteroatoms. The Morgan fingerprint density at radius 1 is 1.26 bits per heavy atom. The third kappa shape index (κ3) is 3.71. The molecule has 0 fully saturated rings. The molecule has 0 heterocycles. The van der Waals surface area contributed by atoms with Crippen LogP contribution < -0.4 is 5.32 Å². The number of para-hydroxylation sites is 2. The van der Waals surface area contributed by atoms with Gasteiger partial charge in [0.15, 0.2) is 0 Å². The van der Waals surface area contributed by atoms with E-state index < -0.39 is 17.4 Å². The first-order valence-corrected chi connectivity index (χ1v) is 6.18. The number of anilines is 1. The highest BCUT2D eigenvalue weighted by atomic mass is 16.3. The average Bonchev–Trinajstić information content (AvgIpc) is 2.31. The van der Waals surface area contributed by atoms with E-state index in [1.807, 2.05) is 27.7 Å². The first-order chi connectivity index (χ1) is 8.77. The molecule has 104 valence electrons. The second-order valence-corrected chi connectivity index (χ2v) is 5.19. The van der Waals surface area contributed by atoms with E-state index >= 15 is 0 Å². The Labute approximate surface area is 113 Å². The molecule has 2 N–H and O–H groups in total. The second kappa shape index (κ2) is 5.73. The minimum atomic E-state index is -0.752. The molecule has 0 unspecified atom stereocenters. The highest BCUT2D eigenvalue weighted by molar-refractivity contribution is 6.39. The highest BCUT2D eigenvalue weighted by Gasteiger charge is 2.29. The molecule has 1 aromatic rings. The Bertz CT molecular complexity index is 478. The minimum Gasteiger partial charge on any atom is -0.506 e. The van der Waals surface area contributed by atoms with Crippen molar-refractivity contribution in [3.63, 3.8) is 0 Å². The molecule has 0 bridgehead atoms. The van der Waals surface area contributed by atoms with Crippen LogP contribution in [-0.2, 0) is 9.59 Å². The number of benzene rings is 1. The molecule has 0 aliphatic heterocycles. The lowest BCUT2D eigenvalue weighted by Gasteiger charge is -2.34. The number of nitrogens with one attached hydrogen (secondary N) is 1. The summed E-state index contributed by atoms with van der Waals surface area (Å²) in [7, 11) is 0. The van der Waals surface area contributed by atoms with Crippen molar-refractivity contribution in [2.24, 2.45) is 0 Å². The quantitative estimate of drug-likeness (QED) is 0.634. The van der Waals surface area contributed by atoms with Crippen LogP contribution in [0.2, 0.25) is 0 Å². The van der Waals surface area contributed by atoms with Crippen LogP contribution >= 0.6 is 0 Å². The highest BCUT2D eigenvalue weighted by Crippen LogP contribution is 2.22. The second-order valence-electron chi connectivity index (χ2n) is 5.19. The van der Waals surface area contributed by atoms with Crippen LogP contribution in [-0.4, -0.2) is 33.9 Å². The van der Waals surface area contributed by atoms with Gasteiger partial charge < -0.3 is 15.3 Å². The van der Waals surface area contributed by atoms with Crippen molar-refractivity contribution in [3.8, 4) is 5.75 Å². The van der Waals surface area contributed by atoms with Gasteiger partial charge >= 0.3 is 11.8 Å². The molecular formula is C14H20N2O3. The largest absolute Gasteiger partial charge is 0.506 e. The molecule has 5 nitrogen and oxygen atoms in total. The Hall–Kier alpha value is -2.04. The van der Waals surface area contributed by atoms with Gasteiger partial charge in [0, 0.05) is 12.1 Å². The van der Waals surface area contributed by atoms with Crippen LogP contribution in [0.25, 0.3) is 0 Å². The van der Waals surface area contributed by atoms with E-state index in [2.05, 4.69) is 5.32 Å². The molecule has 2 amide bonds. The third-order valence-electron chi connectivity index (χ3n) is 2.72. The first-order valence-electron chi connectivity index (χ1n) is 6.18. The van der Waals surface area contributed by atoms with Gasteiger partial charge in [-0.1, -0.05) is 12.1 Å². The van der Waals surface area contributed by atoms with Gasteiger partial charge in [0.25, 0.3) is 0 Å². The van der Waals surface area contributed by atoms with E-state index in [-0.39, 0.29) is 11.4 Å². The normalized spacial score (nSPS) is 10.9. The summed E-state index contributed by atoms with van der Waals surface area (Å²) in [4.78, 5) is 25.4. The summed E-state index contributed by atoms with van der Waals surface area (Å²) in [5.74, 6) is -1.43. The number of rotatable bonds is 2. The number of carbonyl (C=O) groups is 2. The monoisotopic (exact) mass is 264 g/mol. The summed E-state index contributed by atoms with van der Waals surface area (Å²) in [6.45, 7) is 7.85. The topological polar surface area (TPSA) is 69.6 Å².